The van der Waals surface area contributed by atoms with Crippen LogP contribution in [0.15, 0.2) is 47.4 Å². The van der Waals surface area contributed by atoms with Crippen LogP contribution >= 0.6 is 0 Å². The number of hydrogen-bond donors (Lipinski definition) is 1. The summed E-state index contributed by atoms with van der Waals surface area (Å²) in [4.78, 5) is 0.215. The van der Waals surface area contributed by atoms with E-state index in [2.05, 4.69) is 4.72 Å². The topological polar surface area (TPSA) is 70.0 Å². The van der Waals surface area contributed by atoms with Gasteiger partial charge in [-0.15, -0.1) is 0 Å². The summed E-state index contributed by atoms with van der Waals surface area (Å²) < 4.78 is 27.3. The average molecular weight is 288 g/mol. The number of nitrogens with zero attached hydrogens (tertiary/aromatic N) is 1. The van der Waals surface area contributed by atoms with Crippen LogP contribution in [-0.4, -0.2) is 14.5 Å². The number of nitriles is 1. The van der Waals surface area contributed by atoms with Crippen molar-refractivity contribution in [2.45, 2.75) is 30.7 Å². The Kier molecular flexibility index (Phi) is 4.38. The predicted molar refractivity (Wildman–Crippen MR) is 78.6 cm³/mol. The van der Waals surface area contributed by atoms with Crippen LogP contribution in [0, 0.1) is 11.3 Å². The van der Waals surface area contributed by atoms with E-state index in [1.54, 1.807) is 24.3 Å². The van der Waals surface area contributed by atoms with Gasteiger partial charge in [0, 0.05) is 5.39 Å². The lowest BCUT2D eigenvalue weighted by Gasteiger charge is -2.13. The summed E-state index contributed by atoms with van der Waals surface area (Å²) in [5.41, 5.74) is 0. The monoisotopic (exact) mass is 288 g/mol. The van der Waals surface area contributed by atoms with E-state index in [1.165, 1.54) is 0 Å². The first kappa shape index (κ1) is 14.5. The van der Waals surface area contributed by atoms with E-state index in [4.69, 9.17) is 5.26 Å². The summed E-state index contributed by atoms with van der Waals surface area (Å²) in [6.45, 7) is 1.91. The van der Waals surface area contributed by atoms with Crippen molar-refractivity contribution in [2.75, 3.05) is 0 Å². The molecule has 2 aromatic carbocycles. The minimum absolute atomic E-state index is 0.215. The summed E-state index contributed by atoms with van der Waals surface area (Å²) in [5, 5.41) is 10.5. The number of hydrogen-bond acceptors (Lipinski definition) is 3. The molecule has 0 bridgehead atoms. The molecular weight excluding hydrogens is 272 g/mol. The number of rotatable bonds is 5. The van der Waals surface area contributed by atoms with Crippen LogP contribution in [-0.2, 0) is 10.0 Å². The first-order valence-electron chi connectivity index (χ1n) is 6.48. The largest absolute Gasteiger partial charge is 0.242 e. The number of fused-ring (bicyclic) bond motifs is 1. The Morgan fingerprint density at radius 3 is 2.60 bits per heavy atom. The Balaban J connectivity index is 2.45. The van der Waals surface area contributed by atoms with Crippen molar-refractivity contribution in [3.05, 3.63) is 42.5 Å². The summed E-state index contributed by atoms with van der Waals surface area (Å²) in [6, 6.07) is 13.7. The van der Waals surface area contributed by atoms with Gasteiger partial charge in [0.2, 0.25) is 10.0 Å². The molecule has 0 aromatic heterocycles. The van der Waals surface area contributed by atoms with E-state index >= 15 is 0 Å². The van der Waals surface area contributed by atoms with E-state index in [0.29, 0.717) is 11.8 Å². The van der Waals surface area contributed by atoms with Gasteiger partial charge in [-0.05, 0) is 17.9 Å². The van der Waals surface area contributed by atoms with Crippen molar-refractivity contribution in [3.8, 4) is 6.07 Å². The Hall–Kier alpha value is -1.90. The predicted octanol–water partition coefficient (Wildman–Crippen LogP) is 2.81. The van der Waals surface area contributed by atoms with Gasteiger partial charge in [-0.1, -0.05) is 49.7 Å². The fourth-order valence-corrected chi connectivity index (χ4v) is 3.52. The van der Waals surface area contributed by atoms with Gasteiger partial charge in [0.25, 0.3) is 0 Å². The zero-order valence-corrected chi connectivity index (χ0v) is 12.0. The van der Waals surface area contributed by atoms with Crippen molar-refractivity contribution in [1.82, 2.24) is 4.72 Å². The molecule has 0 fully saturated rings. The number of sulfonamides is 1. The van der Waals surface area contributed by atoms with Gasteiger partial charge >= 0.3 is 0 Å². The van der Waals surface area contributed by atoms with Gasteiger partial charge in [0.05, 0.1) is 11.0 Å². The maximum absolute atomic E-state index is 12.4. The summed E-state index contributed by atoms with van der Waals surface area (Å²) >= 11 is 0. The quantitative estimate of drug-likeness (QED) is 0.919. The van der Waals surface area contributed by atoms with Gasteiger partial charge in [0.1, 0.15) is 6.04 Å². The highest BCUT2D eigenvalue weighted by atomic mass is 32.2. The van der Waals surface area contributed by atoms with Gasteiger partial charge < -0.3 is 0 Å². The molecule has 1 N–H and O–H groups in total. The van der Waals surface area contributed by atoms with Crippen LogP contribution < -0.4 is 4.72 Å². The van der Waals surface area contributed by atoms with Crippen LogP contribution in [0.2, 0.25) is 0 Å². The standard InChI is InChI=1S/C15H16N2O2S/c1-2-6-13(11-16)17-20(18,19)15-10-5-8-12-7-3-4-9-14(12)15/h3-5,7-10,13,17H,2,6H2,1H3. The molecular formula is C15H16N2O2S. The maximum Gasteiger partial charge on any atom is 0.242 e. The van der Waals surface area contributed by atoms with Gasteiger partial charge in [-0.25, -0.2) is 8.42 Å². The molecule has 0 aliphatic rings. The Morgan fingerprint density at radius 2 is 1.90 bits per heavy atom. The molecule has 5 heteroatoms. The molecule has 2 rings (SSSR count). The normalized spacial score (nSPS) is 13.0. The molecule has 0 saturated carbocycles. The van der Waals surface area contributed by atoms with E-state index < -0.39 is 16.1 Å². The molecule has 0 amide bonds. The fraction of sp³-hybridized carbons (Fsp3) is 0.267. The van der Waals surface area contributed by atoms with Crippen molar-refractivity contribution in [3.63, 3.8) is 0 Å². The minimum atomic E-state index is -3.69. The lowest BCUT2D eigenvalue weighted by Crippen LogP contribution is -2.33. The van der Waals surface area contributed by atoms with Crippen LogP contribution in [0.5, 0.6) is 0 Å². The molecule has 0 aliphatic heterocycles. The molecule has 1 unspecified atom stereocenters. The zero-order chi connectivity index (χ0) is 14.6. The average Bonchev–Trinajstić information content (AvgIpc) is 2.46. The molecule has 1 atom stereocenters. The molecule has 0 heterocycles. The van der Waals surface area contributed by atoms with Gasteiger partial charge in [0.15, 0.2) is 0 Å². The number of benzene rings is 2. The fourth-order valence-electron chi connectivity index (χ4n) is 2.12. The molecule has 104 valence electrons. The lowest BCUT2D eigenvalue weighted by atomic mass is 10.1. The second kappa shape index (κ2) is 6.04. The first-order chi connectivity index (χ1) is 9.58. The highest BCUT2D eigenvalue weighted by Gasteiger charge is 2.21. The van der Waals surface area contributed by atoms with Gasteiger partial charge in [-0.3, -0.25) is 0 Å². The maximum atomic E-state index is 12.4. The molecule has 20 heavy (non-hydrogen) atoms. The molecule has 0 saturated heterocycles. The van der Waals surface area contributed by atoms with E-state index in [1.807, 2.05) is 31.2 Å². The third-order valence-electron chi connectivity index (χ3n) is 3.07. The molecule has 0 radical (unpaired) electrons. The van der Waals surface area contributed by atoms with Crippen molar-refractivity contribution >= 4 is 20.8 Å². The van der Waals surface area contributed by atoms with Gasteiger partial charge in [-0.2, -0.15) is 9.98 Å². The molecule has 2 aromatic rings. The Morgan fingerprint density at radius 1 is 1.20 bits per heavy atom. The Labute approximate surface area is 119 Å². The lowest BCUT2D eigenvalue weighted by molar-refractivity contribution is 0.564. The summed E-state index contributed by atoms with van der Waals surface area (Å²) in [7, 11) is -3.69. The van der Waals surface area contributed by atoms with Crippen LogP contribution in [0.1, 0.15) is 19.8 Å². The summed E-state index contributed by atoms with van der Waals surface area (Å²) in [6.07, 6.45) is 1.25. The molecule has 0 aliphatic carbocycles. The molecule has 0 spiro atoms. The second-order valence-corrected chi connectivity index (χ2v) is 6.25. The highest BCUT2D eigenvalue weighted by molar-refractivity contribution is 7.89. The van der Waals surface area contributed by atoms with E-state index in [9.17, 15) is 8.42 Å². The zero-order valence-electron chi connectivity index (χ0n) is 11.2. The van der Waals surface area contributed by atoms with Crippen LogP contribution in [0.25, 0.3) is 10.8 Å². The molecule has 4 nitrogen and oxygen atoms in total. The van der Waals surface area contributed by atoms with Crippen molar-refractivity contribution in [2.24, 2.45) is 0 Å². The van der Waals surface area contributed by atoms with Crippen LogP contribution in [0.4, 0.5) is 0 Å². The third kappa shape index (κ3) is 2.98. The van der Waals surface area contributed by atoms with Crippen molar-refractivity contribution < 1.29 is 8.42 Å². The second-order valence-electron chi connectivity index (χ2n) is 4.57. The van der Waals surface area contributed by atoms with E-state index in [-0.39, 0.29) is 4.90 Å². The van der Waals surface area contributed by atoms with Crippen molar-refractivity contribution in [1.29, 1.82) is 5.26 Å². The first-order valence-corrected chi connectivity index (χ1v) is 7.96. The number of nitrogens with one attached hydrogen (secondary N) is 1. The smallest absolute Gasteiger partial charge is 0.207 e. The van der Waals surface area contributed by atoms with Crippen LogP contribution in [0.3, 0.4) is 0 Å². The highest BCUT2D eigenvalue weighted by Crippen LogP contribution is 2.22. The minimum Gasteiger partial charge on any atom is -0.207 e. The van der Waals surface area contributed by atoms with E-state index in [0.717, 1.165) is 11.8 Å². The Bertz CT molecular complexity index is 743. The SMILES string of the molecule is CCCC(C#N)NS(=O)(=O)c1cccc2ccccc12. The summed E-state index contributed by atoms with van der Waals surface area (Å²) in [5.74, 6) is 0. The third-order valence-corrected chi connectivity index (χ3v) is 4.60.